The van der Waals surface area contributed by atoms with Crippen molar-refractivity contribution in [2.75, 3.05) is 26.4 Å². The molecule has 59 heavy (non-hydrogen) atoms. The molecule has 6 unspecified atom stereocenters. The first-order valence-electron chi connectivity index (χ1n) is 24.6. The minimum absolute atomic E-state index is 0.115. The fourth-order valence-corrected chi connectivity index (χ4v) is 7.41. The molecule has 1 fully saturated rings. The molecule has 1 rings (SSSR count). The van der Waals surface area contributed by atoms with Crippen LogP contribution in [0.4, 0.5) is 0 Å². The van der Waals surface area contributed by atoms with Gasteiger partial charge in [0, 0.05) is 13.0 Å². The predicted octanol–water partition coefficient (Wildman–Crippen LogP) is 11.5. The first-order chi connectivity index (χ1) is 28.9. The number of allylic oxidation sites excluding steroid dienone is 6. The molecule has 0 aromatic rings. The third-order valence-electron chi connectivity index (χ3n) is 11.3. The highest BCUT2D eigenvalue weighted by atomic mass is 16.7. The summed E-state index contributed by atoms with van der Waals surface area (Å²) >= 11 is 0. The molecule has 1 aliphatic heterocycles. The van der Waals surface area contributed by atoms with E-state index in [4.69, 9.17) is 18.9 Å². The second kappa shape index (κ2) is 41.7. The van der Waals surface area contributed by atoms with Gasteiger partial charge in [-0.15, -0.1) is 0 Å². The van der Waals surface area contributed by atoms with Crippen LogP contribution in [-0.2, 0) is 23.7 Å². The van der Waals surface area contributed by atoms with Gasteiger partial charge in [-0.1, -0.05) is 179 Å². The summed E-state index contributed by atoms with van der Waals surface area (Å²) in [6.07, 6.45) is 43.3. The molecule has 4 N–H and O–H groups in total. The van der Waals surface area contributed by atoms with Gasteiger partial charge in [0.1, 0.15) is 30.5 Å². The highest BCUT2D eigenvalue weighted by Gasteiger charge is 2.44. The first kappa shape index (κ1) is 55.4. The van der Waals surface area contributed by atoms with E-state index in [-0.39, 0.29) is 19.2 Å². The minimum Gasteiger partial charge on any atom is -0.457 e. The van der Waals surface area contributed by atoms with Crippen molar-refractivity contribution >= 4 is 5.97 Å². The lowest BCUT2D eigenvalue weighted by Crippen LogP contribution is -2.59. The maximum Gasteiger partial charge on any atom is 0.306 e. The standard InChI is InChI=1S/C50H92O9/c1-3-5-7-9-11-13-15-16-17-18-19-20-21-22-23-24-25-26-27-28-29-31-33-35-37-39-46(52)58-44(43-57-50-49(55)48(54)47(53)45(41-51)59-50)42-56-40-38-36-34-32-30-14-12-10-8-6-4-2/h8,10,15-16,18-19,44-45,47-51,53-55H,3-7,9,11-14,17,20-43H2,1-2H3/b10-8-,16-15-,19-18-. The van der Waals surface area contributed by atoms with Gasteiger partial charge >= 0.3 is 5.97 Å². The van der Waals surface area contributed by atoms with Crippen molar-refractivity contribution in [3.8, 4) is 0 Å². The van der Waals surface area contributed by atoms with Crippen molar-refractivity contribution < 1.29 is 44.2 Å². The summed E-state index contributed by atoms with van der Waals surface area (Å²) in [5.41, 5.74) is 0. The largest absolute Gasteiger partial charge is 0.457 e. The topological polar surface area (TPSA) is 135 Å². The van der Waals surface area contributed by atoms with Crippen LogP contribution in [0.2, 0.25) is 0 Å². The van der Waals surface area contributed by atoms with Gasteiger partial charge in [0.05, 0.1) is 19.8 Å². The first-order valence-corrected chi connectivity index (χ1v) is 24.6. The SMILES string of the molecule is CCC/C=C\CCCCCCCCOCC(COC1OC(CO)C(O)C(O)C1O)OC(=O)CCCCCCCCCCCCCCC/C=C\C/C=C\CCCCCCC. The van der Waals surface area contributed by atoms with E-state index in [0.717, 1.165) is 57.8 Å². The van der Waals surface area contributed by atoms with Gasteiger partial charge in [0.25, 0.3) is 0 Å². The summed E-state index contributed by atoms with van der Waals surface area (Å²) in [7, 11) is 0. The van der Waals surface area contributed by atoms with Crippen LogP contribution in [0.5, 0.6) is 0 Å². The van der Waals surface area contributed by atoms with E-state index >= 15 is 0 Å². The number of aliphatic hydroxyl groups excluding tert-OH is 4. The molecular weight excluding hydrogens is 745 g/mol. The number of ether oxygens (including phenoxy) is 4. The molecule has 0 aliphatic carbocycles. The van der Waals surface area contributed by atoms with E-state index in [1.165, 1.54) is 135 Å². The Morgan fingerprint density at radius 2 is 1.02 bits per heavy atom. The van der Waals surface area contributed by atoms with Crippen LogP contribution in [0.3, 0.4) is 0 Å². The third kappa shape index (κ3) is 32.7. The highest BCUT2D eigenvalue weighted by molar-refractivity contribution is 5.69. The fourth-order valence-electron chi connectivity index (χ4n) is 7.41. The number of unbranched alkanes of at least 4 members (excludes halogenated alkanes) is 25. The van der Waals surface area contributed by atoms with Gasteiger partial charge in [-0.2, -0.15) is 0 Å². The zero-order chi connectivity index (χ0) is 42.9. The third-order valence-corrected chi connectivity index (χ3v) is 11.3. The number of aliphatic hydroxyl groups is 4. The average molecular weight is 837 g/mol. The Labute approximate surface area is 361 Å². The van der Waals surface area contributed by atoms with Crippen LogP contribution in [0, 0.1) is 0 Å². The predicted molar refractivity (Wildman–Crippen MR) is 242 cm³/mol. The van der Waals surface area contributed by atoms with E-state index in [1.54, 1.807) is 0 Å². The zero-order valence-corrected chi connectivity index (χ0v) is 38.0. The van der Waals surface area contributed by atoms with Gasteiger partial charge in [-0.25, -0.2) is 0 Å². The average Bonchev–Trinajstić information content (AvgIpc) is 3.24. The number of hydrogen-bond donors (Lipinski definition) is 4. The number of carbonyl (C=O) groups excluding carboxylic acids is 1. The van der Waals surface area contributed by atoms with Crippen LogP contribution in [0.1, 0.15) is 213 Å². The van der Waals surface area contributed by atoms with E-state index < -0.39 is 43.4 Å². The van der Waals surface area contributed by atoms with Crippen molar-refractivity contribution in [3.63, 3.8) is 0 Å². The molecular formula is C50H92O9. The molecule has 0 aromatic heterocycles. The molecule has 0 bridgehead atoms. The number of esters is 1. The van der Waals surface area contributed by atoms with Crippen molar-refractivity contribution in [3.05, 3.63) is 36.5 Å². The van der Waals surface area contributed by atoms with E-state index in [9.17, 15) is 25.2 Å². The van der Waals surface area contributed by atoms with Gasteiger partial charge < -0.3 is 39.4 Å². The van der Waals surface area contributed by atoms with Crippen LogP contribution >= 0.6 is 0 Å². The maximum absolute atomic E-state index is 12.8. The number of hydrogen-bond acceptors (Lipinski definition) is 9. The zero-order valence-electron chi connectivity index (χ0n) is 38.0. The van der Waals surface area contributed by atoms with Crippen molar-refractivity contribution in [2.24, 2.45) is 0 Å². The van der Waals surface area contributed by atoms with Gasteiger partial charge in [-0.05, 0) is 64.2 Å². The Kier molecular flexibility index (Phi) is 39.2. The van der Waals surface area contributed by atoms with E-state index in [1.807, 2.05) is 0 Å². The second-order valence-corrected chi connectivity index (χ2v) is 16.9. The molecule has 1 aliphatic rings. The van der Waals surface area contributed by atoms with E-state index in [2.05, 4.69) is 50.3 Å². The maximum atomic E-state index is 12.8. The Hall–Kier alpha value is -1.59. The second-order valence-electron chi connectivity index (χ2n) is 16.9. The van der Waals surface area contributed by atoms with Crippen LogP contribution in [-0.4, -0.2) is 89.6 Å². The van der Waals surface area contributed by atoms with Gasteiger partial charge in [-0.3, -0.25) is 4.79 Å². The van der Waals surface area contributed by atoms with Crippen molar-refractivity contribution in [1.82, 2.24) is 0 Å². The summed E-state index contributed by atoms with van der Waals surface area (Å²) in [5.74, 6) is -0.316. The molecule has 1 heterocycles. The van der Waals surface area contributed by atoms with Crippen molar-refractivity contribution in [2.45, 2.75) is 250 Å². The van der Waals surface area contributed by atoms with Gasteiger partial charge in [0.2, 0.25) is 0 Å². The number of carbonyl (C=O) groups is 1. The lowest BCUT2D eigenvalue weighted by atomic mass is 9.99. The summed E-state index contributed by atoms with van der Waals surface area (Å²) in [5, 5.41) is 40.1. The molecule has 1 saturated heterocycles. The molecule has 346 valence electrons. The number of rotatable bonds is 42. The smallest absolute Gasteiger partial charge is 0.306 e. The molecule has 0 amide bonds. The fraction of sp³-hybridized carbons (Fsp3) is 0.860. The van der Waals surface area contributed by atoms with Crippen LogP contribution < -0.4 is 0 Å². The molecule has 9 nitrogen and oxygen atoms in total. The van der Waals surface area contributed by atoms with Gasteiger partial charge in [0.15, 0.2) is 6.29 Å². The quantitative estimate of drug-likeness (QED) is 0.0269. The van der Waals surface area contributed by atoms with E-state index in [0.29, 0.717) is 13.0 Å². The molecule has 9 heteroatoms. The van der Waals surface area contributed by atoms with Crippen molar-refractivity contribution in [1.29, 1.82) is 0 Å². The molecule has 6 atom stereocenters. The molecule has 0 spiro atoms. The van der Waals surface area contributed by atoms with Crippen LogP contribution in [0.15, 0.2) is 36.5 Å². The Morgan fingerprint density at radius 1 is 0.542 bits per heavy atom. The lowest BCUT2D eigenvalue weighted by molar-refractivity contribution is -0.305. The Balaban J connectivity index is 2.16. The summed E-state index contributed by atoms with van der Waals surface area (Å²) in [4.78, 5) is 12.8. The molecule has 0 radical (unpaired) electrons. The normalized spacial score (nSPS) is 20.4. The summed E-state index contributed by atoms with van der Waals surface area (Å²) < 4.78 is 22.8. The summed E-state index contributed by atoms with van der Waals surface area (Å²) in [6.45, 7) is 4.49. The Bertz CT molecular complexity index is 999. The van der Waals surface area contributed by atoms with Crippen LogP contribution in [0.25, 0.3) is 0 Å². The monoisotopic (exact) mass is 837 g/mol. The highest BCUT2D eigenvalue weighted by Crippen LogP contribution is 2.23. The summed E-state index contributed by atoms with van der Waals surface area (Å²) in [6, 6.07) is 0. The lowest BCUT2D eigenvalue weighted by Gasteiger charge is -2.39. The minimum atomic E-state index is -1.54. The molecule has 0 aromatic carbocycles. The Morgan fingerprint density at radius 3 is 1.54 bits per heavy atom. The molecule has 0 saturated carbocycles.